The lowest BCUT2D eigenvalue weighted by molar-refractivity contribution is -0.111. The Bertz CT molecular complexity index is 718. The molecule has 0 heterocycles. The summed E-state index contributed by atoms with van der Waals surface area (Å²) in [5, 5.41) is 2.58. The number of halogens is 4. The average molecular weight is 371 g/mol. The second-order valence-electron chi connectivity index (χ2n) is 4.67. The van der Waals surface area contributed by atoms with Crippen LogP contribution >= 0.6 is 11.8 Å². The van der Waals surface area contributed by atoms with Gasteiger partial charge >= 0.3 is 6.61 Å². The smallest absolute Gasteiger partial charge is 0.387 e. The van der Waals surface area contributed by atoms with Crippen LogP contribution in [0.3, 0.4) is 0 Å². The standard InChI is InChI=1S/C17H13F4NO2S/c18-16(19)24-13-6-1-11(2-7-13)3-10-15(23)22-12-4-8-14(9-5-12)25-17(20)21/h1-10,16-17H,(H,22,23)/b10-3+. The molecule has 2 rings (SSSR count). The number of hydrogen-bond acceptors (Lipinski definition) is 3. The second-order valence-corrected chi connectivity index (χ2v) is 5.74. The molecule has 0 atom stereocenters. The monoisotopic (exact) mass is 371 g/mol. The highest BCUT2D eigenvalue weighted by Gasteiger charge is 2.05. The predicted molar refractivity (Wildman–Crippen MR) is 89.0 cm³/mol. The van der Waals surface area contributed by atoms with Gasteiger partial charge in [-0.05, 0) is 48.0 Å². The van der Waals surface area contributed by atoms with E-state index >= 15 is 0 Å². The lowest BCUT2D eigenvalue weighted by Gasteiger charge is -2.05. The van der Waals surface area contributed by atoms with Gasteiger partial charge in [0.1, 0.15) is 5.75 Å². The Balaban J connectivity index is 1.89. The molecule has 2 aromatic rings. The fourth-order valence-electron chi connectivity index (χ4n) is 1.84. The normalized spacial score (nSPS) is 11.3. The van der Waals surface area contributed by atoms with Crippen LogP contribution in [-0.4, -0.2) is 18.3 Å². The summed E-state index contributed by atoms with van der Waals surface area (Å²) in [5.74, 6) is -2.89. The summed E-state index contributed by atoms with van der Waals surface area (Å²) < 4.78 is 52.7. The molecule has 3 nitrogen and oxygen atoms in total. The lowest BCUT2D eigenvalue weighted by Crippen LogP contribution is -2.07. The first-order chi connectivity index (χ1) is 11.9. The van der Waals surface area contributed by atoms with Gasteiger partial charge in [-0.2, -0.15) is 17.6 Å². The Morgan fingerprint density at radius 3 is 2.20 bits per heavy atom. The SMILES string of the molecule is O=C(/C=C/c1ccc(OC(F)F)cc1)Nc1ccc(SC(F)F)cc1. The van der Waals surface area contributed by atoms with E-state index in [4.69, 9.17) is 0 Å². The van der Waals surface area contributed by atoms with Crippen LogP contribution in [-0.2, 0) is 4.79 Å². The molecule has 0 fully saturated rings. The van der Waals surface area contributed by atoms with E-state index in [1.807, 2.05) is 0 Å². The van der Waals surface area contributed by atoms with Gasteiger partial charge in [0, 0.05) is 16.7 Å². The van der Waals surface area contributed by atoms with E-state index in [0.717, 1.165) is 0 Å². The number of anilines is 1. The minimum atomic E-state index is -2.89. The van der Waals surface area contributed by atoms with Gasteiger partial charge in [-0.3, -0.25) is 4.79 Å². The van der Waals surface area contributed by atoms with Crippen molar-refractivity contribution in [1.82, 2.24) is 0 Å². The van der Waals surface area contributed by atoms with E-state index in [9.17, 15) is 22.4 Å². The first-order valence-corrected chi connectivity index (χ1v) is 7.89. The second kappa shape index (κ2) is 9.12. The largest absolute Gasteiger partial charge is 0.435 e. The molecule has 8 heteroatoms. The number of amides is 1. The summed E-state index contributed by atoms with van der Waals surface area (Å²) in [7, 11) is 0. The van der Waals surface area contributed by atoms with Crippen LogP contribution in [0.5, 0.6) is 5.75 Å². The van der Waals surface area contributed by atoms with E-state index in [2.05, 4.69) is 10.1 Å². The Kier molecular flexibility index (Phi) is 6.88. The van der Waals surface area contributed by atoms with Gasteiger partial charge in [0.05, 0.1) is 0 Å². The zero-order valence-electron chi connectivity index (χ0n) is 12.7. The maximum absolute atomic E-state index is 12.2. The number of rotatable bonds is 7. The lowest BCUT2D eigenvalue weighted by atomic mass is 10.2. The Labute approximate surface area is 145 Å². The van der Waals surface area contributed by atoms with Crippen molar-refractivity contribution in [2.45, 2.75) is 17.3 Å². The third-order valence-corrected chi connectivity index (χ3v) is 3.60. The van der Waals surface area contributed by atoms with Crippen molar-refractivity contribution in [3.63, 3.8) is 0 Å². The molecule has 0 unspecified atom stereocenters. The van der Waals surface area contributed by atoms with Crippen LogP contribution in [0.1, 0.15) is 5.56 Å². The van der Waals surface area contributed by atoms with Gasteiger partial charge in [-0.15, -0.1) is 0 Å². The van der Waals surface area contributed by atoms with Gasteiger partial charge in [0.15, 0.2) is 0 Å². The van der Waals surface area contributed by atoms with Gasteiger partial charge < -0.3 is 10.1 Å². The van der Waals surface area contributed by atoms with Gasteiger partial charge in [-0.25, -0.2) is 0 Å². The molecule has 0 aliphatic heterocycles. The molecule has 2 aromatic carbocycles. The van der Waals surface area contributed by atoms with Crippen LogP contribution in [0.15, 0.2) is 59.5 Å². The zero-order chi connectivity index (χ0) is 18.2. The highest BCUT2D eigenvalue weighted by molar-refractivity contribution is 7.99. The molecule has 0 saturated carbocycles. The summed E-state index contributed by atoms with van der Waals surface area (Å²) in [6.45, 7) is -2.89. The summed E-state index contributed by atoms with van der Waals surface area (Å²) >= 11 is 0.421. The Morgan fingerprint density at radius 2 is 1.64 bits per heavy atom. The average Bonchev–Trinajstić information content (AvgIpc) is 2.55. The summed E-state index contributed by atoms with van der Waals surface area (Å²) in [5.41, 5.74) is 1.09. The van der Waals surface area contributed by atoms with Crippen molar-refractivity contribution in [2.24, 2.45) is 0 Å². The molecule has 0 spiro atoms. The van der Waals surface area contributed by atoms with Crippen molar-refractivity contribution in [3.8, 4) is 5.75 Å². The molecule has 1 amide bonds. The first-order valence-electron chi connectivity index (χ1n) is 7.01. The van der Waals surface area contributed by atoms with Crippen LogP contribution in [0, 0.1) is 0 Å². The minimum Gasteiger partial charge on any atom is -0.435 e. The molecule has 0 aliphatic rings. The van der Waals surface area contributed by atoms with E-state index in [1.165, 1.54) is 60.7 Å². The summed E-state index contributed by atoms with van der Waals surface area (Å²) in [6.07, 6.45) is 2.77. The highest BCUT2D eigenvalue weighted by Crippen LogP contribution is 2.26. The molecule has 0 bridgehead atoms. The van der Waals surface area contributed by atoms with Crippen molar-refractivity contribution >= 4 is 29.4 Å². The minimum absolute atomic E-state index is 0.0263. The fraction of sp³-hybridized carbons (Fsp3) is 0.118. The molecule has 0 aromatic heterocycles. The summed E-state index contributed by atoms with van der Waals surface area (Å²) in [4.78, 5) is 12.2. The van der Waals surface area contributed by atoms with E-state index in [0.29, 0.717) is 27.9 Å². The van der Waals surface area contributed by atoms with Crippen molar-refractivity contribution in [3.05, 3.63) is 60.2 Å². The van der Waals surface area contributed by atoms with Gasteiger partial charge in [-0.1, -0.05) is 23.9 Å². The maximum Gasteiger partial charge on any atom is 0.387 e. The van der Waals surface area contributed by atoms with Crippen LogP contribution in [0.2, 0.25) is 0 Å². The summed E-state index contributed by atoms with van der Waals surface area (Å²) in [6, 6.07) is 11.8. The third kappa shape index (κ3) is 6.88. The van der Waals surface area contributed by atoms with Gasteiger partial charge in [0.25, 0.3) is 5.76 Å². The topological polar surface area (TPSA) is 38.3 Å². The Hall–Kier alpha value is -2.48. The number of benzene rings is 2. The molecular formula is C17H13F4NO2S. The predicted octanol–water partition coefficient (Wildman–Crippen LogP) is 5.25. The number of alkyl halides is 4. The quantitative estimate of drug-likeness (QED) is 0.410. The molecule has 1 N–H and O–H groups in total. The molecule has 0 saturated heterocycles. The number of nitrogens with one attached hydrogen (secondary N) is 1. The highest BCUT2D eigenvalue weighted by atomic mass is 32.2. The number of carbonyl (C=O) groups excluding carboxylic acids is 1. The van der Waals surface area contributed by atoms with Crippen molar-refractivity contribution < 1.29 is 27.1 Å². The van der Waals surface area contributed by atoms with Gasteiger partial charge in [0.2, 0.25) is 5.91 Å². The molecular weight excluding hydrogens is 358 g/mol. The van der Waals surface area contributed by atoms with Crippen LogP contribution in [0.25, 0.3) is 6.08 Å². The Morgan fingerprint density at radius 1 is 1.00 bits per heavy atom. The molecule has 25 heavy (non-hydrogen) atoms. The van der Waals surface area contributed by atoms with E-state index < -0.39 is 18.3 Å². The fourth-order valence-corrected chi connectivity index (χ4v) is 2.33. The third-order valence-electron chi connectivity index (χ3n) is 2.88. The zero-order valence-corrected chi connectivity index (χ0v) is 13.5. The van der Waals surface area contributed by atoms with Crippen molar-refractivity contribution in [1.29, 1.82) is 0 Å². The van der Waals surface area contributed by atoms with Crippen molar-refractivity contribution in [2.75, 3.05) is 5.32 Å². The number of ether oxygens (including phenoxy) is 1. The van der Waals surface area contributed by atoms with Crippen LogP contribution < -0.4 is 10.1 Å². The first kappa shape index (κ1) is 18.9. The van der Waals surface area contributed by atoms with E-state index in [1.54, 1.807) is 0 Å². The van der Waals surface area contributed by atoms with E-state index in [-0.39, 0.29) is 5.75 Å². The van der Waals surface area contributed by atoms with Crippen LogP contribution in [0.4, 0.5) is 23.2 Å². The maximum atomic E-state index is 12.2. The molecule has 132 valence electrons. The molecule has 0 aliphatic carbocycles. The number of carbonyl (C=O) groups is 1. The molecule has 0 radical (unpaired) electrons. The number of hydrogen-bond donors (Lipinski definition) is 1. The number of thioether (sulfide) groups is 1.